The SMILES string of the molecule is Cc1cc2c(=O)n(C(C)C)[nH]c2cc1-c1ccc(C[C@H](NC(=O)OC(C)(C)C)C(=O)O)cc1. The zero-order valence-electron chi connectivity index (χ0n) is 19.9. The number of benzene rings is 2. The van der Waals surface area contributed by atoms with Crippen molar-refractivity contribution in [3.63, 3.8) is 0 Å². The minimum Gasteiger partial charge on any atom is -0.480 e. The van der Waals surface area contributed by atoms with Gasteiger partial charge in [0.1, 0.15) is 11.6 Å². The van der Waals surface area contributed by atoms with E-state index in [1.807, 2.05) is 57.2 Å². The third-order valence-electron chi connectivity index (χ3n) is 5.26. The highest BCUT2D eigenvalue weighted by Gasteiger charge is 2.24. The Morgan fingerprint density at radius 3 is 2.33 bits per heavy atom. The fourth-order valence-electron chi connectivity index (χ4n) is 3.67. The minimum atomic E-state index is -1.13. The molecule has 0 unspecified atom stereocenters. The quantitative estimate of drug-likeness (QED) is 0.512. The summed E-state index contributed by atoms with van der Waals surface area (Å²) in [7, 11) is 0. The zero-order chi connectivity index (χ0) is 24.5. The van der Waals surface area contributed by atoms with E-state index in [-0.39, 0.29) is 18.0 Å². The maximum absolute atomic E-state index is 12.6. The Hall–Kier alpha value is -3.55. The Kier molecular flexibility index (Phi) is 6.67. The molecule has 0 aliphatic carbocycles. The van der Waals surface area contributed by atoms with Gasteiger partial charge in [-0.05, 0) is 75.9 Å². The van der Waals surface area contributed by atoms with Gasteiger partial charge in [-0.25, -0.2) is 14.3 Å². The molecule has 1 amide bonds. The van der Waals surface area contributed by atoms with Gasteiger partial charge >= 0.3 is 12.1 Å². The molecular weight excluding hydrogens is 422 g/mol. The van der Waals surface area contributed by atoms with E-state index in [4.69, 9.17) is 4.74 Å². The topological polar surface area (TPSA) is 113 Å². The summed E-state index contributed by atoms with van der Waals surface area (Å²) in [5, 5.41) is 15.8. The molecule has 0 bridgehead atoms. The Balaban J connectivity index is 1.82. The molecule has 2 aromatic carbocycles. The summed E-state index contributed by atoms with van der Waals surface area (Å²) in [5.74, 6) is -1.13. The lowest BCUT2D eigenvalue weighted by molar-refractivity contribution is -0.139. The Labute approximate surface area is 192 Å². The summed E-state index contributed by atoms with van der Waals surface area (Å²) in [6.07, 6.45) is -0.643. The summed E-state index contributed by atoms with van der Waals surface area (Å²) < 4.78 is 6.78. The van der Waals surface area contributed by atoms with E-state index in [0.717, 1.165) is 27.8 Å². The molecule has 0 saturated carbocycles. The van der Waals surface area contributed by atoms with Crippen molar-refractivity contribution in [2.75, 3.05) is 0 Å². The smallest absolute Gasteiger partial charge is 0.408 e. The van der Waals surface area contributed by atoms with Crippen molar-refractivity contribution >= 4 is 23.0 Å². The number of carbonyl (C=O) groups excluding carboxylic acids is 1. The van der Waals surface area contributed by atoms with E-state index in [9.17, 15) is 19.5 Å². The molecule has 0 aliphatic rings. The molecule has 0 spiro atoms. The number of aryl methyl sites for hydroxylation is 1. The van der Waals surface area contributed by atoms with Gasteiger partial charge in [0, 0.05) is 12.5 Å². The summed E-state index contributed by atoms with van der Waals surface area (Å²) in [4.78, 5) is 36.2. The highest BCUT2D eigenvalue weighted by molar-refractivity contribution is 5.86. The number of carboxylic acid groups (broad SMARTS) is 1. The molecule has 0 aliphatic heterocycles. The van der Waals surface area contributed by atoms with E-state index in [2.05, 4.69) is 10.4 Å². The van der Waals surface area contributed by atoms with Crippen LogP contribution in [0.3, 0.4) is 0 Å². The third kappa shape index (κ3) is 5.63. The summed E-state index contributed by atoms with van der Waals surface area (Å²) in [6, 6.07) is 10.3. The second-order valence-electron chi connectivity index (χ2n) is 9.53. The number of fused-ring (bicyclic) bond motifs is 1. The second-order valence-corrected chi connectivity index (χ2v) is 9.53. The number of carboxylic acids is 1. The fourth-order valence-corrected chi connectivity index (χ4v) is 3.67. The number of nitrogens with one attached hydrogen (secondary N) is 2. The summed E-state index contributed by atoms with van der Waals surface area (Å²) >= 11 is 0. The third-order valence-corrected chi connectivity index (χ3v) is 5.26. The lowest BCUT2D eigenvalue weighted by Crippen LogP contribution is -2.44. The standard InChI is InChI=1S/C25H31N3O5/c1-14(2)28-22(29)19-11-15(3)18(13-20(19)27-28)17-9-7-16(8-10-17)12-21(23(30)31)26-24(32)33-25(4,5)6/h7-11,13-14,21,27H,12H2,1-6H3,(H,26,32)(H,30,31)/t21-/m0/s1. The number of hydrogen-bond acceptors (Lipinski definition) is 4. The predicted molar refractivity (Wildman–Crippen MR) is 128 cm³/mol. The number of carbonyl (C=O) groups is 2. The molecular formula is C25H31N3O5. The van der Waals surface area contributed by atoms with E-state index < -0.39 is 23.7 Å². The molecule has 176 valence electrons. The van der Waals surface area contributed by atoms with Crippen LogP contribution in [-0.4, -0.2) is 38.6 Å². The van der Waals surface area contributed by atoms with Gasteiger partial charge in [0.05, 0.1) is 10.9 Å². The van der Waals surface area contributed by atoms with Crippen molar-refractivity contribution in [2.24, 2.45) is 0 Å². The number of nitrogens with zero attached hydrogens (tertiary/aromatic N) is 1. The largest absolute Gasteiger partial charge is 0.480 e. The van der Waals surface area contributed by atoms with Gasteiger partial charge in [0.15, 0.2) is 0 Å². The molecule has 3 rings (SSSR count). The molecule has 0 radical (unpaired) electrons. The molecule has 3 aromatic rings. The Bertz CT molecular complexity index is 1230. The van der Waals surface area contributed by atoms with Gasteiger partial charge in [-0.1, -0.05) is 24.3 Å². The van der Waals surface area contributed by atoms with Crippen LogP contribution in [0.1, 0.15) is 51.8 Å². The van der Waals surface area contributed by atoms with Crippen molar-refractivity contribution in [1.82, 2.24) is 15.1 Å². The van der Waals surface area contributed by atoms with Gasteiger partial charge in [-0.3, -0.25) is 9.89 Å². The number of aliphatic carboxylic acids is 1. The molecule has 1 atom stereocenters. The Morgan fingerprint density at radius 1 is 1.15 bits per heavy atom. The molecule has 33 heavy (non-hydrogen) atoms. The van der Waals surface area contributed by atoms with Crippen molar-refractivity contribution < 1.29 is 19.4 Å². The van der Waals surface area contributed by atoms with Crippen LogP contribution in [0, 0.1) is 6.92 Å². The van der Waals surface area contributed by atoms with Crippen LogP contribution in [0.5, 0.6) is 0 Å². The van der Waals surface area contributed by atoms with Gasteiger partial charge in [-0.15, -0.1) is 0 Å². The van der Waals surface area contributed by atoms with E-state index >= 15 is 0 Å². The van der Waals surface area contributed by atoms with E-state index in [1.54, 1.807) is 25.5 Å². The van der Waals surface area contributed by atoms with Crippen LogP contribution in [0.15, 0.2) is 41.2 Å². The second kappa shape index (κ2) is 9.13. The first-order chi connectivity index (χ1) is 15.4. The van der Waals surface area contributed by atoms with Crippen molar-refractivity contribution in [1.29, 1.82) is 0 Å². The molecule has 8 heteroatoms. The number of aromatic nitrogens is 2. The van der Waals surface area contributed by atoms with Crippen LogP contribution in [0.4, 0.5) is 4.79 Å². The van der Waals surface area contributed by atoms with Crippen LogP contribution >= 0.6 is 0 Å². The molecule has 8 nitrogen and oxygen atoms in total. The number of aromatic amines is 1. The van der Waals surface area contributed by atoms with Crippen molar-refractivity contribution in [3.05, 3.63) is 57.9 Å². The first-order valence-corrected chi connectivity index (χ1v) is 10.9. The fraction of sp³-hybridized carbons (Fsp3) is 0.400. The van der Waals surface area contributed by atoms with Crippen LogP contribution in [0.2, 0.25) is 0 Å². The highest BCUT2D eigenvalue weighted by Crippen LogP contribution is 2.27. The number of alkyl carbamates (subject to hydrolysis) is 1. The van der Waals surface area contributed by atoms with Gasteiger partial charge < -0.3 is 15.2 Å². The Morgan fingerprint density at radius 2 is 1.79 bits per heavy atom. The number of ether oxygens (including phenoxy) is 1. The molecule has 1 aromatic heterocycles. The molecule has 0 saturated heterocycles. The number of H-pyrrole nitrogens is 1. The van der Waals surface area contributed by atoms with Crippen LogP contribution in [0.25, 0.3) is 22.0 Å². The van der Waals surface area contributed by atoms with Crippen molar-refractivity contribution in [3.8, 4) is 11.1 Å². The molecule has 0 fully saturated rings. The van der Waals surface area contributed by atoms with E-state index in [1.165, 1.54) is 0 Å². The number of hydrogen-bond donors (Lipinski definition) is 3. The number of rotatable bonds is 6. The van der Waals surface area contributed by atoms with Gasteiger partial charge in [0.25, 0.3) is 5.56 Å². The zero-order valence-corrected chi connectivity index (χ0v) is 19.9. The van der Waals surface area contributed by atoms with Gasteiger partial charge in [0.2, 0.25) is 0 Å². The van der Waals surface area contributed by atoms with Crippen LogP contribution in [-0.2, 0) is 16.0 Å². The monoisotopic (exact) mass is 453 g/mol. The lowest BCUT2D eigenvalue weighted by Gasteiger charge is -2.22. The maximum Gasteiger partial charge on any atom is 0.408 e. The average Bonchev–Trinajstić information content (AvgIpc) is 3.02. The first-order valence-electron chi connectivity index (χ1n) is 10.9. The molecule has 1 heterocycles. The molecule has 3 N–H and O–H groups in total. The van der Waals surface area contributed by atoms with Gasteiger partial charge in [-0.2, -0.15) is 0 Å². The first kappa shape index (κ1) is 24.1. The normalized spacial score (nSPS) is 12.7. The summed E-state index contributed by atoms with van der Waals surface area (Å²) in [5.41, 5.74) is 3.68. The predicted octanol–water partition coefficient (Wildman–Crippen LogP) is 4.41. The number of amides is 1. The highest BCUT2D eigenvalue weighted by atomic mass is 16.6. The maximum atomic E-state index is 12.6. The van der Waals surface area contributed by atoms with E-state index in [0.29, 0.717) is 5.39 Å². The van der Waals surface area contributed by atoms with Crippen LogP contribution < -0.4 is 10.9 Å². The van der Waals surface area contributed by atoms with Crippen molar-refractivity contribution in [2.45, 2.75) is 65.6 Å². The minimum absolute atomic E-state index is 0.0319. The summed E-state index contributed by atoms with van der Waals surface area (Å²) in [6.45, 7) is 11.0. The average molecular weight is 454 g/mol. The lowest BCUT2D eigenvalue weighted by atomic mass is 9.96.